The topological polar surface area (TPSA) is 146 Å². The average molecular weight is 482 g/mol. The van der Waals surface area contributed by atoms with Gasteiger partial charge in [0.25, 0.3) is 5.91 Å². The first kappa shape index (κ1) is 27.4. The van der Waals surface area contributed by atoms with Gasteiger partial charge in [-0.25, -0.2) is 9.97 Å². The van der Waals surface area contributed by atoms with E-state index in [0.29, 0.717) is 24.5 Å². The molecule has 0 aromatic carbocycles. The molecule has 11 heteroatoms. The Morgan fingerprint density at radius 2 is 1.89 bits per heavy atom. The molecule has 0 atom stereocenters. The summed E-state index contributed by atoms with van der Waals surface area (Å²) >= 11 is 0. The van der Waals surface area contributed by atoms with E-state index in [1.54, 1.807) is 57.9 Å². The Hall–Kier alpha value is -3.86. The zero-order valence-corrected chi connectivity index (χ0v) is 21.5. The predicted octanol–water partition coefficient (Wildman–Crippen LogP) is 2.43. The molecule has 1 fully saturated rings. The van der Waals surface area contributed by atoms with Crippen molar-refractivity contribution in [2.45, 2.75) is 32.7 Å². The van der Waals surface area contributed by atoms with Crippen molar-refractivity contribution in [3.05, 3.63) is 47.6 Å². The lowest BCUT2D eigenvalue weighted by Crippen LogP contribution is -2.41. The molecule has 3 heterocycles. The number of nitrogens with one attached hydrogen (secondary N) is 2. The van der Waals surface area contributed by atoms with E-state index in [1.807, 2.05) is 37.8 Å². The summed E-state index contributed by atoms with van der Waals surface area (Å²) in [6, 6.07) is 3.57. The zero-order chi connectivity index (χ0) is 26.2. The van der Waals surface area contributed by atoms with Crippen LogP contribution in [0.15, 0.2) is 41.3 Å². The molecule has 3 rings (SSSR count). The molecule has 4 N–H and O–H groups in total. The Kier molecular flexibility index (Phi) is 9.41. The molecular formula is C24H35N9O2. The molecule has 0 aliphatic carbocycles. The number of aliphatic imine (C=N–C) groups is 1. The quantitative estimate of drug-likeness (QED) is 0.448. The van der Waals surface area contributed by atoms with Crippen LogP contribution in [0, 0.1) is 5.41 Å². The largest absolute Gasteiger partial charge is 0.388 e. The number of amides is 1. The number of nitrogens with zero attached hydrogens (tertiary/aromatic N) is 6. The molecule has 0 saturated carbocycles. The van der Waals surface area contributed by atoms with Crippen LogP contribution in [-0.2, 0) is 4.74 Å². The number of methoxy groups -OCH3 is 1. The summed E-state index contributed by atoms with van der Waals surface area (Å²) in [6.07, 6.45) is 7.55. The van der Waals surface area contributed by atoms with Crippen LogP contribution in [0.2, 0.25) is 0 Å². The van der Waals surface area contributed by atoms with Crippen molar-refractivity contribution in [1.82, 2.24) is 25.2 Å². The Morgan fingerprint density at radius 3 is 2.46 bits per heavy atom. The van der Waals surface area contributed by atoms with Crippen molar-refractivity contribution < 1.29 is 9.53 Å². The van der Waals surface area contributed by atoms with E-state index in [1.165, 1.54) is 0 Å². The number of pyridine rings is 1. The van der Waals surface area contributed by atoms with Gasteiger partial charge in [-0.1, -0.05) is 0 Å². The van der Waals surface area contributed by atoms with Crippen LogP contribution >= 0.6 is 0 Å². The van der Waals surface area contributed by atoms with Gasteiger partial charge in [0.2, 0.25) is 11.9 Å². The number of carbonyl (C=O) groups excluding carboxylic acids is 1. The lowest BCUT2D eigenvalue weighted by Gasteiger charge is -2.22. The fourth-order valence-corrected chi connectivity index (χ4v) is 3.08. The van der Waals surface area contributed by atoms with Crippen LogP contribution in [-0.4, -0.2) is 78.0 Å². The molecule has 0 radical (unpaired) electrons. The maximum Gasteiger partial charge on any atom is 0.270 e. The highest BCUT2D eigenvalue weighted by molar-refractivity contribution is 6.18. The molecule has 1 saturated heterocycles. The number of nitrogens with two attached hydrogens (primary N) is 1. The molecule has 1 aliphatic heterocycles. The van der Waals surface area contributed by atoms with E-state index in [4.69, 9.17) is 11.1 Å². The van der Waals surface area contributed by atoms with Crippen LogP contribution in [0.3, 0.4) is 0 Å². The maximum atomic E-state index is 12.6. The van der Waals surface area contributed by atoms with Gasteiger partial charge in [0.15, 0.2) is 0 Å². The van der Waals surface area contributed by atoms with Crippen molar-refractivity contribution in [2.75, 3.05) is 45.5 Å². The smallest absolute Gasteiger partial charge is 0.270 e. The van der Waals surface area contributed by atoms with Gasteiger partial charge in [-0.15, -0.1) is 0 Å². The van der Waals surface area contributed by atoms with E-state index in [-0.39, 0.29) is 23.4 Å². The Balaban J connectivity index is 0.00000137. The molecule has 188 valence electrons. The van der Waals surface area contributed by atoms with Gasteiger partial charge in [0.1, 0.15) is 11.5 Å². The third-order valence-electron chi connectivity index (χ3n) is 4.59. The minimum Gasteiger partial charge on any atom is -0.388 e. The third-order valence-corrected chi connectivity index (χ3v) is 4.59. The number of ether oxygens (including phenoxy) is 1. The van der Waals surface area contributed by atoms with Crippen molar-refractivity contribution in [3.8, 4) is 0 Å². The van der Waals surface area contributed by atoms with Gasteiger partial charge in [-0.05, 0) is 51.0 Å². The third kappa shape index (κ3) is 8.14. The average Bonchev–Trinajstić information content (AvgIpc) is 3.16. The molecule has 35 heavy (non-hydrogen) atoms. The van der Waals surface area contributed by atoms with E-state index < -0.39 is 0 Å². The van der Waals surface area contributed by atoms with E-state index in [9.17, 15) is 4.79 Å². The monoisotopic (exact) mass is 481 g/mol. The molecular weight excluding hydrogens is 446 g/mol. The summed E-state index contributed by atoms with van der Waals surface area (Å²) in [4.78, 5) is 33.1. The SMILES string of the molecule is CN(C)C(=N)N=C1/C(=C/c2cnc(N)nc2)CCN1c1ccnc(C(=O)NC(C)(C)C)c1.COC. The first-order chi connectivity index (χ1) is 16.4. The number of anilines is 2. The van der Waals surface area contributed by atoms with Gasteiger partial charge in [-0.3, -0.25) is 15.2 Å². The fraction of sp³-hybridized carbons (Fsp3) is 0.417. The lowest BCUT2D eigenvalue weighted by molar-refractivity contribution is 0.0914. The number of hydrogen-bond donors (Lipinski definition) is 3. The summed E-state index contributed by atoms with van der Waals surface area (Å²) in [5.41, 5.74) is 8.05. The minimum absolute atomic E-state index is 0.117. The Bertz CT molecular complexity index is 1090. The maximum absolute atomic E-state index is 12.6. The van der Waals surface area contributed by atoms with Gasteiger partial charge >= 0.3 is 0 Å². The van der Waals surface area contributed by atoms with Gasteiger partial charge in [0.05, 0.1) is 0 Å². The minimum atomic E-state index is -0.368. The van der Waals surface area contributed by atoms with Gasteiger partial charge in [0, 0.05) is 70.2 Å². The Morgan fingerprint density at radius 1 is 1.26 bits per heavy atom. The zero-order valence-electron chi connectivity index (χ0n) is 21.5. The van der Waals surface area contributed by atoms with E-state index >= 15 is 0 Å². The van der Waals surface area contributed by atoms with E-state index in [0.717, 1.165) is 16.8 Å². The van der Waals surface area contributed by atoms with Crippen LogP contribution < -0.4 is 16.0 Å². The summed E-state index contributed by atoms with van der Waals surface area (Å²) < 4.78 is 4.25. The van der Waals surface area contributed by atoms with E-state index in [2.05, 4.69) is 30.0 Å². The number of amidine groups is 1. The molecule has 0 spiro atoms. The summed E-state index contributed by atoms with van der Waals surface area (Å²) in [5.74, 6) is 0.717. The molecule has 1 amide bonds. The number of hydrogen-bond acceptors (Lipinski definition) is 7. The van der Waals surface area contributed by atoms with Crippen LogP contribution in [0.4, 0.5) is 11.6 Å². The number of carbonyl (C=O) groups is 1. The molecule has 2 aromatic rings. The normalized spacial score (nSPS) is 15.6. The first-order valence-corrected chi connectivity index (χ1v) is 11.0. The second-order valence-corrected chi connectivity index (χ2v) is 9.11. The van der Waals surface area contributed by atoms with Gasteiger partial charge < -0.3 is 25.6 Å². The number of rotatable bonds is 3. The molecule has 0 unspecified atom stereocenters. The fourth-order valence-electron chi connectivity index (χ4n) is 3.08. The predicted molar refractivity (Wildman–Crippen MR) is 140 cm³/mol. The van der Waals surface area contributed by atoms with Gasteiger partial charge in [-0.2, -0.15) is 4.99 Å². The molecule has 1 aliphatic rings. The van der Waals surface area contributed by atoms with Crippen molar-refractivity contribution >= 4 is 35.4 Å². The summed E-state index contributed by atoms with van der Waals surface area (Å²) in [6.45, 7) is 6.41. The number of aromatic nitrogens is 3. The van der Waals surface area contributed by atoms with Crippen LogP contribution in [0.25, 0.3) is 6.08 Å². The molecule has 2 aromatic heterocycles. The van der Waals surface area contributed by atoms with Crippen LogP contribution in [0.5, 0.6) is 0 Å². The highest BCUT2D eigenvalue weighted by Gasteiger charge is 2.27. The second kappa shape index (κ2) is 12.0. The van der Waals surface area contributed by atoms with Crippen molar-refractivity contribution in [1.29, 1.82) is 5.41 Å². The van der Waals surface area contributed by atoms with Crippen molar-refractivity contribution in [3.63, 3.8) is 0 Å². The van der Waals surface area contributed by atoms with Crippen molar-refractivity contribution in [2.24, 2.45) is 4.99 Å². The highest BCUT2D eigenvalue weighted by atomic mass is 16.4. The van der Waals surface area contributed by atoms with Crippen LogP contribution in [0.1, 0.15) is 43.2 Å². The number of guanidine groups is 1. The molecule has 0 bridgehead atoms. The summed E-state index contributed by atoms with van der Waals surface area (Å²) in [5, 5.41) is 11.2. The molecule has 11 nitrogen and oxygen atoms in total. The summed E-state index contributed by atoms with van der Waals surface area (Å²) in [7, 11) is 6.79. The first-order valence-electron chi connectivity index (χ1n) is 11.0. The Labute approximate surface area is 206 Å². The highest BCUT2D eigenvalue weighted by Crippen LogP contribution is 2.28. The number of nitrogen functional groups attached to an aromatic ring is 1. The standard InChI is InChI=1S/C22H29N9O.C2H6O/c1-22(2,3)29-19(32)17-11-16(6-8-25-17)31-9-7-15(18(31)28-21(24)30(4)5)10-14-12-26-20(23)27-13-14;1-3-2/h6,8,10-13,24H,7,9H2,1-5H3,(H,29,32)(H2,23,26,27);1-2H3/b15-10+,24-21?,28-18?;. The second-order valence-electron chi connectivity index (χ2n) is 9.11. The lowest BCUT2D eigenvalue weighted by atomic mass is 10.1.